The highest BCUT2D eigenvalue weighted by molar-refractivity contribution is 5.86. The van der Waals surface area contributed by atoms with Crippen molar-refractivity contribution < 1.29 is 32.9 Å². The number of hydrogen-bond donors (Lipinski definition) is 0. The SMILES string of the molecule is COc1cc2c(cc1OC)C1C(CO2)Oc2c(ccc3occc23)C1OC(C)=O. The van der Waals surface area contributed by atoms with Crippen LogP contribution in [0.25, 0.3) is 11.0 Å². The first-order valence-corrected chi connectivity index (χ1v) is 9.33. The van der Waals surface area contributed by atoms with Gasteiger partial charge in [0.25, 0.3) is 0 Å². The third kappa shape index (κ3) is 2.68. The van der Waals surface area contributed by atoms with Crippen molar-refractivity contribution >= 4 is 16.9 Å². The molecule has 2 aliphatic rings. The van der Waals surface area contributed by atoms with E-state index in [0.29, 0.717) is 35.2 Å². The zero-order chi connectivity index (χ0) is 20.1. The molecule has 2 aliphatic heterocycles. The molecule has 7 heteroatoms. The Kier molecular flexibility index (Phi) is 4.04. The first-order chi connectivity index (χ1) is 14.1. The Labute approximate surface area is 167 Å². The summed E-state index contributed by atoms with van der Waals surface area (Å²) < 4.78 is 34.5. The maximum Gasteiger partial charge on any atom is 0.303 e. The summed E-state index contributed by atoms with van der Waals surface area (Å²) in [5, 5.41) is 0.844. The summed E-state index contributed by atoms with van der Waals surface area (Å²) in [6.07, 6.45) is 0.754. The maximum atomic E-state index is 12.0. The number of ether oxygens (including phenoxy) is 5. The van der Waals surface area contributed by atoms with Crippen molar-refractivity contribution in [2.24, 2.45) is 0 Å². The van der Waals surface area contributed by atoms with Gasteiger partial charge < -0.3 is 28.1 Å². The van der Waals surface area contributed by atoms with E-state index in [0.717, 1.165) is 16.5 Å². The summed E-state index contributed by atoms with van der Waals surface area (Å²) in [6, 6.07) is 9.27. The molecule has 2 aromatic carbocycles. The van der Waals surface area contributed by atoms with Gasteiger partial charge in [-0.15, -0.1) is 0 Å². The molecule has 0 fully saturated rings. The average Bonchev–Trinajstić information content (AvgIpc) is 3.21. The van der Waals surface area contributed by atoms with Crippen LogP contribution in [0.5, 0.6) is 23.0 Å². The van der Waals surface area contributed by atoms with Gasteiger partial charge in [-0.05, 0) is 24.3 Å². The Hall–Kier alpha value is -3.35. The summed E-state index contributed by atoms with van der Waals surface area (Å²) in [7, 11) is 3.16. The molecule has 5 rings (SSSR count). The molecule has 0 saturated heterocycles. The van der Waals surface area contributed by atoms with Crippen molar-refractivity contribution in [2.75, 3.05) is 20.8 Å². The average molecular weight is 396 g/mol. The molecule has 0 amide bonds. The van der Waals surface area contributed by atoms with Crippen LogP contribution >= 0.6 is 0 Å². The van der Waals surface area contributed by atoms with Crippen molar-refractivity contribution in [1.29, 1.82) is 0 Å². The fourth-order valence-electron chi connectivity index (χ4n) is 4.25. The molecule has 1 aromatic heterocycles. The van der Waals surface area contributed by atoms with E-state index in [1.165, 1.54) is 6.92 Å². The largest absolute Gasteiger partial charge is 0.493 e. The van der Waals surface area contributed by atoms with Crippen molar-refractivity contribution in [1.82, 2.24) is 0 Å². The predicted octanol–water partition coefficient (Wildman–Crippen LogP) is 3.99. The number of benzene rings is 2. The lowest BCUT2D eigenvalue weighted by Crippen LogP contribution is -2.42. The first kappa shape index (κ1) is 17.7. The molecule has 29 heavy (non-hydrogen) atoms. The number of esters is 1. The van der Waals surface area contributed by atoms with Gasteiger partial charge >= 0.3 is 5.97 Å². The van der Waals surface area contributed by atoms with E-state index in [2.05, 4.69) is 0 Å². The summed E-state index contributed by atoms with van der Waals surface area (Å²) >= 11 is 0. The molecule has 3 atom stereocenters. The molecule has 0 saturated carbocycles. The molecule has 3 heterocycles. The lowest BCUT2D eigenvalue weighted by Gasteiger charge is -2.42. The molecule has 0 aliphatic carbocycles. The number of hydrogen-bond acceptors (Lipinski definition) is 7. The molecule has 0 spiro atoms. The van der Waals surface area contributed by atoms with Gasteiger partial charge in [-0.2, -0.15) is 0 Å². The first-order valence-electron chi connectivity index (χ1n) is 9.33. The summed E-state index contributed by atoms with van der Waals surface area (Å²) in [4.78, 5) is 12.0. The van der Waals surface area contributed by atoms with Crippen LogP contribution in [0.2, 0.25) is 0 Å². The number of rotatable bonds is 3. The second-order valence-corrected chi connectivity index (χ2v) is 7.08. The molecule has 3 aromatic rings. The maximum absolute atomic E-state index is 12.0. The van der Waals surface area contributed by atoms with Crippen molar-refractivity contribution in [3.63, 3.8) is 0 Å². The quantitative estimate of drug-likeness (QED) is 0.620. The summed E-state index contributed by atoms with van der Waals surface area (Å²) in [6.45, 7) is 1.73. The third-order valence-electron chi connectivity index (χ3n) is 5.49. The van der Waals surface area contributed by atoms with Gasteiger partial charge in [-0.3, -0.25) is 4.79 Å². The zero-order valence-corrected chi connectivity index (χ0v) is 16.3. The van der Waals surface area contributed by atoms with Crippen molar-refractivity contribution in [3.8, 4) is 23.0 Å². The summed E-state index contributed by atoms with van der Waals surface area (Å²) in [5.74, 6) is 1.87. The number of carbonyl (C=O) groups excluding carboxylic acids is 1. The van der Waals surface area contributed by atoms with E-state index in [1.807, 2.05) is 24.3 Å². The highest BCUT2D eigenvalue weighted by atomic mass is 16.6. The minimum absolute atomic E-state index is 0.251. The third-order valence-corrected chi connectivity index (χ3v) is 5.49. The van der Waals surface area contributed by atoms with E-state index < -0.39 is 6.10 Å². The molecule has 150 valence electrons. The van der Waals surface area contributed by atoms with E-state index in [9.17, 15) is 4.79 Å². The lowest BCUT2D eigenvalue weighted by atomic mass is 9.80. The van der Waals surface area contributed by atoms with E-state index in [-0.39, 0.29) is 18.0 Å². The fraction of sp³-hybridized carbons (Fsp3) is 0.318. The van der Waals surface area contributed by atoms with Crippen LogP contribution < -0.4 is 18.9 Å². The second-order valence-electron chi connectivity index (χ2n) is 7.08. The van der Waals surface area contributed by atoms with Crippen molar-refractivity contribution in [2.45, 2.75) is 25.0 Å². The molecular formula is C22H20O7. The topological polar surface area (TPSA) is 76.4 Å². The lowest BCUT2D eigenvalue weighted by molar-refractivity contribution is -0.151. The van der Waals surface area contributed by atoms with Gasteiger partial charge in [0.1, 0.15) is 35.9 Å². The molecule has 0 bridgehead atoms. The molecule has 0 N–H and O–H groups in total. The number of furan rings is 1. The van der Waals surface area contributed by atoms with Crippen LogP contribution in [0.15, 0.2) is 41.0 Å². The molecule has 0 radical (unpaired) electrons. The minimum Gasteiger partial charge on any atom is -0.493 e. The predicted molar refractivity (Wildman–Crippen MR) is 103 cm³/mol. The van der Waals surface area contributed by atoms with Gasteiger partial charge in [-0.1, -0.05) is 0 Å². The Morgan fingerprint density at radius 3 is 2.62 bits per heavy atom. The Bertz CT molecular complexity index is 1100. The van der Waals surface area contributed by atoms with Crippen LogP contribution in [0.4, 0.5) is 0 Å². The molecular weight excluding hydrogens is 376 g/mol. The Morgan fingerprint density at radius 1 is 1.07 bits per heavy atom. The standard InChI is InChI=1S/C22H20O7/c1-11(23)28-22-13-4-5-15-12(6-7-26-15)21(13)29-19-10-27-16-9-18(25-3)17(24-2)8-14(16)20(19)22/h4-9,19-20,22H,10H2,1-3H3. The van der Waals surface area contributed by atoms with Crippen LogP contribution in [0.3, 0.4) is 0 Å². The highest BCUT2D eigenvalue weighted by Crippen LogP contribution is 2.53. The molecule has 7 nitrogen and oxygen atoms in total. The zero-order valence-electron chi connectivity index (χ0n) is 16.3. The Morgan fingerprint density at radius 2 is 1.86 bits per heavy atom. The monoisotopic (exact) mass is 396 g/mol. The van der Waals surface area contributed by atoms with Crippen LogP contribution in [-0.4, -0.2) is 32.9 Å². The summed E-state index contributed by atoms with van der Waals surface area (Å²) in [5.41, 5.74) is 2.37. The van der Waals surface area contributed by atoms with Gasteiger partial charge in [0.15, 0.2) is 11.5 Å². The van der Waals surface area contributed by atoms with Crippen LogP contribution in [-0.2, 0) is 9.53 Å². The second kappa shape index (κ2) is 6.62. The number of fused-ring (bicyclic) bond motifs is 6. The van der Waals surface area contributed by atoms with Crippen LogP contribution in [0, 0.1) is 0 Å². The smallest absolute Gasteiger partial charge is 0.303 e. The normalized spacial score (nSPS) is 21.8. The fourth-order valence-corrected chi connectivity index (χ4v) is 4.25. The highest BCUT2D eigenvalue weighted by Gasteiger charge is 2.46. The van der Waals surface area contributed by atoms with E-state index in [1.54, 1.807) is 26.5 Å². The van der Waals surface area contributed by atoms with E-state index in [4.69, 9.17) is 28.1 Å². The van der Waals surface area contributed by atoms with Gasteiger partial charge in [-0.25, -0.2) is 0 Å². The Balaban J connectivity index is 1.70. The van der Waals surface area contributed by atoms with Gasteiger partial charge in [0.2, 0.25) is 0 Å². The van der Waals surface area contributed by atoms with E-state index >= 15 is 0 Å². The van der Waals surface area contributed by atoms with Gasteiger partial charge in [0.05, 0.1) is 31.8 Å². The van der Waals surface area contributed by atoms with Gasteiger partial charge in [0, 0.05) is 24.1 Å². The number of methoxy groups -OCH3 is 2. The minimum atomic E-state index is -0.527. The molecule has 3 unspecified atom stereocenters. The van der Waals surface area contributed by atoms with Crippen LogP contribution in [0.1, 0.15) is 30.1 Å². The number of carbonyl (C=O) groups is 1. The van der Waals surface area contributed by atoms with Crippen molar-refractivity contribution in [3.05, 3.63) is 47.7 Å².